The van der Waals surface area contributed by atoms with Gasteiger partial charge in [0.25, 0.3) is 0 Å². The topological polar surface area (TPSA) is 15.3 Å². The fourth-order valence-electron chi connectivity index (χ4n) is 2.82. The van der Waals surface area contributed by atoms with Crippen molar-refractivity contribution in [3.05, 3.63) is 0 Å². The van der Waals surface area contributed by atoms with Gasteiger partial charge in [0.05, 0.1) is 0 Å². The molecule has 2 fully saturated rings. The Morgan fingerprint density at radius 3 is 2.60 bits per heavy atom. The molecule has 1 saturated carbocycles. The zero-order valence-corrected chi connectivity index (χ0v) is 10.4. The number of rotatable bonds is 6. The van der Waals surface area contributed by atoms with Gasteiger partial charge in [-0.05, 0) is 51.1 Å². The summed E-state index contributed by atoms with van der Waals surface area (Å²) in [6.07, 6.45) is 6.99. The van der Waals surface area contributed by atoms with Crippen LogP contribution in [-0.4, -0.2) is 36.6 Å². The molecule has 88 valence electrons. The monoisotopic (exact) mass is 210 g/mol. The first-order chi connectivity index (χ1) is 7.28. The first-order valence-corrected chi connectivity index (χ1v) is 6.75. The zero-order valence-electron chi connectivity index (χ0n) is 10.4. The summed E-state index contributed by atoms with van der Waals surface area (Å²) >= 11 is 0. The average Bonchev–Trinajstić information content (AvgIpc) is 2.95. The van der Waals surface area contributed by atoms with Crippen LogP contribution in [0.3, 0.4) is 0 Å². The Balaban J connectivity index is 1.84. The highest BCUT2D eigenvalue weighted by atomic mass is 15.2. The lowest BCUT2D eigenvalue weighted by atomic mass is 9.93. The summed E-state index contributed by atoms with van der Waals surface area (Å²) in [7, 11) is 0. The molecule has 1 aliphatic heterocycles. The van der Waals surface area contributed by atoms with Gasteiger partial charge in [-0.25, -0.2) is 0 Å². The molecule has 1 unspecified atom stereocenters. The second-order valence-corrected chi connectivity index (χ2v) is 5.44. The van der Waals surface area contributed by atoms with Crippen LogP contribution in [0.2, 0.25) is 0 Å². The van der Waals surface area contributed by atoms with Crippen LogP contribution in [0.1, 0.15) is 46.0 Å². The third-order valence-electron chi connectivity index (χ3n) is 4.20. The Morgan fingerprint density at radius 2 is 2.13 bits per heavy atom. The van der Waals surface area contributed by atoms with E-state index < -0.39 is 0 Å². The Hall–Kier alpha value is -0.0800. The molecule has 2 rings (SSSR count). The molecular formula is C13H26N2. The smallest absolute Gasteiger partial charge is 0.0306 e. The summed E-state index contributed by atoms with van der Waals surface area (Å²) in [6.45, 7) is 9.72. The summed E-state index contributed by atoms with van der Waals surface area (Å²) in [5.41, 5.74) is 0.449. The Labute approximate surface area is 94.4 Å². The van der Waals surface area contributed by atoms with Crippen LogP contribution in [-0.2, 0) is 0 Å². The minimum absolute atomic E-state index is 0.449. The molecule has 0 aromatic carbocycles. The fourth-order valence-corrected chi connectivity index (χ4v) is 2.82. The van der Waals surface area contributed by atoms with Gasteiger partial charge in [-0.15, -0.1) is 0 Å². The molecule has 1 saturated heterocycles. The number of hydrogen-bond donors (Lipinski definition) is 1. The van der Waals surface area contributed by atoms with Crippen molar-refractivity contribution in [2.75, 3.05) is 26.2 Å². The highest BCUT2D eigenvalue weighted by molar-refractivity contribution is 4.95. The van der Waals surface area contributed by atoms with Crippen molar-refractivity contribution in [2.24, 2.45) is 5.92 Å². The van der Waals surface area contributed by atoms with E-state index >= 15 is 0 Å². The Morgan fingerprint density at radius 1 is 1.33 bits per heavy atom. The molecule has 2 heteroatoms. The van der Waals surface area contributed by atoms with Crippen molar-refractivity contribution in [1.29, 1.82) is 0 Å². The molecule has 0 amide bonds. The fraction of sp³-hybridized carbons (Fsp3) is 1.00. The van der Waals surface area contributed by atoms with Gasteiger partial charge < -0.3 is 10.2 Å². The van der Waals surface area contributed by atoms with Crippen LogP contribution in [0.15, 0.2) is 0 Å². The highest BCUT2D eigenvalue weighted by Gasteiger charge is 2.34. The van der Waals surface area contributed by atoms with E-state index in [1.165, 1.54) is 58.3 Å². The largest absolute Gasteiger partial charge is 0.310 e. The molecule has 0 bridgehead atoms. The molecule has 0 aromatic rings. The van der Waals surface area contributed by atoms with E-state index in [4.69, 9.17) is 0 Å². The Kier molecular flexibility index (Phi) is 3.68. The second kappa shape index (κ2) is 4.84. The molecule has 2 aliphatic rings. The molecule has 1 N–H and O–H groups in total. The van der Waals surface area contributed by atoms with Crippen molar-refractivity contribution < 1.29 is 0 Å². The molecular weight excluding hydrogens is 184 g/mol. The number of likely N-dealkylation sites (N-methyl/N-ethyl adjacent to an activating group) is 1. The molecule has 1 atom stereocenters. The van der Waals surface area contributed by atoms with E-state index in [1.807, 2.05) is 0 Å². The minimum Gasteiger partial charge on any atom is -0.310 e. The molecule has 1 aliphatic carbocycles. The van der Waals surface area contributed by atoms with Gasteiger partial charge in [0, 0.05) is 18.6 Å². The van der Waals surface area contributed by atoms with Crippen LogP contribution >= 0.6 is 0 Å². The van der Waals surface area contributed by atoms with Crippen LogP contribution in [0, 0.1) is 5.92 Å². The first kappa shape index (κ1) is 11.4. The van der Waals surface area contributed by atoms with E-state index in [1.54, 1.807) is 0 Å². The van der Waals surface area contributed by atoms with Gasteiger partial charge in [0.15, 0.2) is 0 Å². The van der Waals surface area contributed by atoms with Crippen molar-refractivity contribution >= 4 is 0 Å². The summed E-state index contributed by atoms with van der Waals surface area (Å²) in [5, 5.41) is 3.74. The maximum Gasteiger partial charge on any atom is 0.0306 e. The van der Waals surface area contributed by atoms with Gasteiger partial charge in [0.2, 0.25) is 0 Å². The van der Waals surface area contributed by atoms with E-state index in [2.05, 4.69) is 24.1 Å². The summed E-state index contributed by atoms with van der Waals surface area (Å²) in [4.78, 5) is 2.67. The lowest BCUT2D eigenvalue weighted by molar-refractivity contribution is 0.189. The van der Waals surface area contributed by atoms with Gasteiger partial charge in [-0.3, -0.25) is 0 Å². The van der Waals surface area contributed by atoms with E-state index in [-0.39, 0.29) is 0 Å². The standard InChI is InChI=1S/C13H26N2/c1-3-13(8-5-9-14-13)11-15(4-2)10-12-6-7-12/h12,14H,3-11H2,1-2H3. The average molecular weight is 210 g/mol. The summed E-state index contributed by atoms with van der Waals surface area (Å²) in [6, 6.07) is 0. The van der Waals surface area contributed by atoms with E-state index in [9.17, 15) is 0 Å². The SMILES string of the molecule is CCN(CC1CC1)CC1(CC)CCCN1. The van der Waals surface area contributed by atoms with Gasteiger partial charge in [-0.1, -0.05) is 13.8 Å². The number of nitrogens with one attached hydrogen (secondary N) is 1. The quantitative estimate of drug-likeness (QED) is 0.723. The minimum atomic E-state index is 0.449. The third-order valence-corrected chi connectivity index (χ3v) is 4.20. The third kappa shape index (κ3) is 2.94. The predicted octanol–water partition coefficient (Wildman–Crippen LogP) is 2.25. The van der Waals surface area contributed by atoms with Crippen molar-refractivity contribution in [2.45, 2.75) is 51.5 Å². The van der Waals surface area contributed by atoms with Gasteiger partial charge in [-0.2, -0.15) is 0 Å². The second-order valence-electron chi connectivity index (χ2n) is 5.44. The predicted molar refractivity (Wildman–Crippen MR) is 65.1 cm³/mol. The van der Waals surface area contributed by atoms with Crippen LogP contribution in [0.25, 0.3) is 0 Å². The summed E-state index contributed by atoms with van der Waals surface area (Å²) in [5.74, 6) is 1.03. The molecule has 0 spiro atoms. The van der Waals surface area contributed by atoms with Crippen LogP contribution in [0.5, 0.6) is 0 Å². The van der Waals surface area contributed by atoms with E-state index in [0.29, 0.717) is 5.54 Å². The molecule has 15 heavy (non-hydrogen) atoms. The maximum absolute atomic E-state index is 3.74. The molecule has 0 radical (unpaired) electrons. The highest BCUT2D eigenvalue weighted by Crippen LogP contribution is 2.31. The summed E-state index contributed by atoms with van der Waals surface area (Å²) < 4.78 is 0. The first-order valence-electron chi connectivity index (χ1n) is 6.75. The maximum atomic E-state index is 3.74. The van der Waals surface area contributed by atoms with Gasteiger partial charge in [0.1, 0.15) is 0 Å². The van der Waals surface area contributed by atoms with Crippen LogP contribution < -0.4 is 5.32 Å². The molecule has 1 heterocycles. The number of nitrogens with zero attached hydrogens (tertiary/aromatic N) is 1. The van der Waals surface area contributed by atoms with Crippen LogP contribution in [0.4, 0.5) is 0 Å². The normalized spacial score (nSPS) is 31.4. The lowest BCUT2D eigenvalue weighted by Crippen LogP contribution is -2.49. The molecule has 2 nitrogen and oxygen atoms in total. The van der Waals surface area contributed by atoms with Crippen molar-refractivity contribution in [3.63, 3.8) is 0 Å². The Bertz CT molecular complexity index is 193. The zero-order chi connectivity index (χ0) is 10.7. The van der Waals surface area contributed by atoms with Crippen molar-refractivity contribution in [1.82, 2.24) is 10.2 Å². The van der Waals surface area contributed by atoms with Gasteiger partial charge >= 0.3 is 0 Å². The van der Waals surface area contributed by atoms with E-state index in [0.717, 1.165) is 5.92 Å². The molecule has 0 aromatic heterocycles. The van der Waals surface area contributed by atoms with Crippen molar-refractivity contribution in [3.8, 4) is 0 Å². The number of hydrogen-bond acceptors (Lipinski definition) is 2. The lowest BCUT2D eigenvalue weighted by Gasteiger charge is -2.34.